The standard InChI is InChI=1S/C22H20Cl2N2O3S2/c23-18-9-6-16(7-10-18)15-30-13-12-25-22(27)17-8-11-21(20(24)14-17)26-31(28,29)19-4-2-1-3-5-19/h1-11,14,26H,12-13,15H2,(H,25,27). The van der Waals surface area contributed by atoms with E-state index in [1.165, 1.54) is 35.9 Å². The molecule has 31 heavy (non-hydrogen) atoms. The summed E-state index contributed by atoms with van der Waals surface area (Å²) < 4.78 is 27.3. The molecule has 1 amide bonds. The second kappa shape index (κ2) is 10.9. The highest BCUT2D eigenvalue weighted by atomic mass is 35.5. The van der Waals surface area contributed by atoms with Crippen molar-refractivity contribution in [2.75, 3.05) is 17.0 Å². The predicted molar refractivity (Wildman–Crippen MR) is 129 cm³/mol. The third-order valence-corrected chi connectivity index (χ3v) is 7.22. The Morgan fingerprint density at radius 2 is 1.65 bits per heavy atom. The number of nitrogens with one attached hydrogen (secondary N) is 2. The summed E-state index contributed by atoms with van der Waals surface area (Å²) in [6.07, 6.45) is 0. The van der Waals surface area contributed by atoms with Crippen molar-refractivity contribution < 1.29 is 13.2 Å². The molecule has 0 aromatic heterocycles. The second-order valence-electron chi connectivity index (χ2n) is 6.55. The van der Waals surface area contributed by atoms with Crippen LogP contribution in [-0.4, -0.2) is 26.6 Å². The van der Waals surface area contributed by atoms with Crippen molar-refractivity contribution in [3.8, 4) is 0 Å². The van der Waals surface area contributed by atoms with Crippen LogP contribution in [0.15, 0.2) is 77.7 Å². The number of anilines is 1. The Bertz CT molecular complexity index is 1140. The smallest absolute Gasteiger partial charge is 0.261 e. The van der Waals surface area contributed by atoms with Gasteiger partial charge in [0.25, 0.3) is 15.9 Å². The molecule has 3 aromatic carbocycles. The topological polar surface area (TPSA) is 75.3 Å². The van der Waals surface area contributed by atoms with E-state index in [9.17, 15) is 13.2 Å². The summed E-state index contributed by atoms with van der Waals surface area (Å²) in [7, 11) is -3.76. The molecule has 3 rings (SSSR count). The summed E-state index contributed by atoms with van der Waals surface area (Å²) in [4.78, 5) is 12.5. The monoisotopic (exact) mass is 494 g/mol. The van der Waals surface area contributed by atoms with Gasteiger partial charge in [0.1, 0.15) is 0 Å². The summed E-state index contributed by atoms with van der Waals surface area (Å²) in [5.41, 5.74) is 1.73. The molecule has 0 radical (unpaired) electrons. The molecule has 0 atom stereocenters. The third kappa shape index (κ3) is 6.90. The second-order valence-corrected chi connectivity index (χ2v) is 10.2. The number of amides is 1. The molecule has 0 saturated carbocycles. The minimum Gasteiger partial charge on any atom is -0.351 e. The van der Waals surface area contributed by atoms with E-state index in [0.717, 1.165) is 11.5 Å². The number of benzene rings is 3. The normalized spacial score (nSPS) is 11.2. The molecule has 0 unspecified atom stereocenters. The van der Waals surface area contributed by atoms with Gasteiger partial charge in [0, 0.05) is 28.6 Å². The van der Waals surface area contributed by atoms with Crippen LogP contribution in [-0.2, 0) is 15.8 Å². The highest BCUT2D eigenvalue weighted by Crippen LogP contribution is 2.26. The van der Waals surface area contributed by atoms with Gasteiger partial charge in [-0.1, -0.05) is 53.5 Å². The Morgan fingerprint density at radius 3 is 2.32 bits per heavy atom. The summed E-state index contributed by atoms with van der Waals surface area (Å²) in [6, 6.07) is 20.1. The number of carbonyl (C=O) groups is 1. The van der Waals surface area contributed by atoms with Gasteiger partial charge in [0.2, 0.25) is 0 Å². The predicted octanol–water partition coefficient (Wildman–Crippen LogP) is 5.46. The van der Waals surface area contributed by atoms with Gasteiger partial charge in [-0.15, -0.1) is 0 Å². The number of halogens is 2. The van der Waals surface area contributed by atoms with Gasteiger partial charge in [-0.2, -0.15) is 11.8 Å². The van der Waals surface area contributed by atoms with Crippen molar-refractivity contribution in [3.63, 3.8) is 0 Å². The van der Waals surface area contributed by atoms with Gasteiger partial charge in [-0.3, -0.25) is 9.52 Å². The maximum Gasteiger partial charge on any atom is 0.261 e. The van der Waals surface area contributed by atoms with E-state index in [-0.39, 0.29) is 21.5 Å². The fraction of sp³-hybridized carbons (Fsp3) is 0.136. The fourth-order valence-electron chi connectivity index (χ4n) is 2.65. The van der Waals surface area contributed by atoms with Crippen molar-refractivity contribution in [2.24, 2.45) is 0 Å². The molecular formula is C22H20Cl2N2O3S2. The maximum atomic E-state index is 12.4. The zero-order valence-corrected chi connectivity index (χ0v) is 19.5. The van der Waals surface area contributed by atoms with Crippen molar-refractivity contribution in [2.45, 2.75) is 10.6 Å². The van der Waals surface area contributed by atoms with E-state index in [0.29, 0.717) is 17.1 Å². The van der Waals surface area contributed by atoms with Crippen LogP contribution in [0.2, 0.25) is 10.0 Å². The van der Waals surface area contributed by atoms with E-state index in [2.05, 4.69) is 10.0 Å². The maximum absolute atomic E-state index is 12.4. The SMILES string of the molecule is O=C(NCCSCc1ccc(Cl)cc1)c1ccc(NS(=O)(=O)c2ccccc2)c(Cl)c1. The quantitative estimate of drug-likeness (QED) is 0.387. The molecule has 0 heterocycles. The molecule has 0 spiro atoms. The lowest BCUT2D eigenvalue weighted by atomic mass is 10.2. The van der Waals surface area contributed by atoms with Gasteiger partial charge < -0.3 is 5.32 Å². The Hall–Kier alpha value is -2.19. The number of sulfonamides is 1. The van der Waals surface area contributed by atoms with E-state index in [4.69, 9.17) is 23.2 Å². The van der Waals surface area contributed by atoms with E-state index in [1.807, 2.05) is 24.3 Å². The van der Waals surface area contributed by atoms with Crippen molar-refractivity contribution >= 4 is 56.6 Å². The van der Waals surface area contributed by atoms with Crippen LogP contribution in [0.5, 0.6) is 0 Å². The number of thioether (sulfide) groups is 1. The van der Waals surface area contributed by atoms with Crippen LogP contribution in [0.4, 0.5) is 5.69 Å². The molecule has 5 nitrogen and oxygen atoms in total. The van der Waals surface area contributed by atoms with Gasteiger partial charge >= 0.3 is 0 Å². The minimum atomic E-state index is -3.76. The van der Waals surface area contributed by atoms with Gasteiger partial charge in [-0.25, -0.2) is 8.42 Å². The molecule has 162 valence electrons. The van der Waals surface area contributed by atoms with Crippen LogP contribution >= 0.6 is 35.0 Å². The molecule has 3 aromatic rings. The van der Waals surface area contributed by atoms with Gasteiger partial charge in [0.05, 0.1) is 15.6 Å². The highest BCUT2D eigenvalue weighted by molar-refractivity contribution is 7.98. The first-order valence-corrected chi connectivity index (χ1v) is 12.7. The summed E-state index contributed by atoms with van der Waals surface area (Å²) in [6.45, 7) is 0.497. The van der Waals surface area contributed by atoms with Gasteiger partial charge in [-0.05, 0) is 48.0 Å². The Balaban J connectivity index is 1.50. The zero-order valence-electron chi connectivity index (χ0n) is 16.3. The van der Waals surface area contributed by atoms with Crippen molar-refractivity contribution in [1.82, 2.24) is 5.32 Å². The van der Waals surface area contributed by atoms with Crippen LogP contribution in [0.1, 0.15) is 15.9 Å². The molecule has 0 saturated heterocycles. The van der Waals surface area contributed by atoms with Crippen LogP contribution in [0.3, 0.4) is 0 Å². The van der Waals surface area contributed by atoms with E-state index >= 15 is 0 Å². The first kappa shape index (κ1) is 23.5. The van der Waals surface area contributed by atoms with Crippen LogP contribution in [0.25, 0.3) is 0 Å². The molecule has 0 aliphatic carbocycles. The third-order valence-electron chi connectivity index (χ3n) is 4.24. The Labute approximate surface area is 196 Å². The molecule has 0 fully saturated rings. The van der Waals surface area contributed by atoms with Crippen molar-refractivity contribution in [1.29, 1.82) is 0 Å². The molecular weight excluding hydrogens is 475 g/mol. The zero-order chi connectivity index (χ0) is 22.3. The van der Waals surface area contributed by atoms with E-state index in [1.54, 1.807) is 30.0 Å². The highest BCUT2D eigenvalue weighted by Gasteiger charge is 2.16. The molecule has 9 heteroatoms. The average Bonchev–Trinajstić information content (AvgIpc) is 2.76. The summed E-state index contributed by atoms with van der Waals surface area (Å²) in [5, 5.41) is 3.69. The number of hydrogen-bond acceptors (Lipinski definition) is 4. The lowest BCUT2D eigenvalue weighted by molar-refractivity contribution is 0.0956. The first-order valence-electron chi connectivity index (χ1n) is 9.33. The van der Waals surface area contributed by atoms with Crippen LogP contribution in [0, 0.1) is 0 Å². The Morgan fingerprint density at radius 1 is 0.935 bits per heavy atom. The Kier molecular flexibility index (Phi) is 8.26. The van der Waals surface area contributed by atoms with Gasteiger partial charge in [0.15, 0.2) is 0 Å². The van der Waals surface area contributed by atoms with Crippen LogP contribution < -0.4 is 10.0 Å². The molecule has 2 N–H and O–H groups in total. The lowest BCUT2D eigenvalue weighted by Crippen LogP contribution is -2.25. The molecule has 0 aliphatic rings. The minimum absolute atomic E-state index is 0.129. The van der Waals surface area contributed by atoms with E-state index < -0.39 is 10.0 Å². The average molecular weight is 495 g/mol. The van der Waals surface area contributed by atoms with Crippen molar-refractivity contribution in [3.05, 3.63) is 94.0 Å². The largest absolute Gasteiger partial charge is 0.351 e. The fourth-order valence-corrected chi connectivity index (χ4v) is 4.98. The summed E-state index contributed by atoms with van der Waals surface area (Å²) >= 11 is 13.8. The number of hydrogen-bond donors (Lipinski definition) is 2. The number of rotatable bonds is 9. The number of carbonyl (C=O) groups excluding carboxylic acids is 1. The summed E-state index contributed by atoms with van der Waals surface area (Å²) in [5.74, 6) is 1.30. The lowest BCUT2D eigenvalue weighted by Gasteiger charge is -2.11. The first-order chi connectivity index (χ1) is 14.8. The molecule has 0 aliphatic heterocycles. The molecule has 0 bridgehead atoms.